The Morgan fingerprint density at radius 1 is 0.911 bits per heavy atom. The van der Waals surface area contributed by atoms with Crippen molar-refractivity contribution in [3.05, 3.63) is 53.9 Å². The van der Waals surface area contributed by atoms with Crippen LogP contribution in [-0.2, 0) is 47.4 Å². The number of hydrogen-bond acceptors (Lipinski definition) is 16. The Morgan fingerprint density at radius 3 is 2.11 bits per heavy atom. The number of benzene rings is 2. The lowest BCUT2D eigenvalue weighted by molar-refractivity contribution is 0.480. The van der Waals surface area contributed by atoms with Gasteiger partial charge in [0.25, 0.3) is 30.4 Å². The van der Waals surface area contributed by atoms with Crippen LogP contribution in [0.15, 0.2) is 52.3 Å². The maximum absolute atomic E-state index is 11.8. The fourth-order valence-corrected chi connectivity index (χ4v) is 6.26. The Labute approximate surface area is 264 Å². The van der Waals surface area contributed by atoms with E-state index in [1.165, 1.54) is 41.9 Å². The highest BCUT2D eigenvalue weighted by atomic mass is 32.2. The Morgan fingerprint density at radius 2 is 1.53 bits per heavy atom. The summed E-state index contributed by atoms with van der Waals surface area (Å²) in [6.45, 7) is -0.167. The number of rotatable bonds is 14. The zero-order valence-electron chi connectivity index (χ0n) is 23.2. The number of nitrogens with zero attached hydrogens (tertiary/aromatic N) is 4. The molecule has 1 heterocycles. The van der Waals surface area contributed by atoms with Crippen molar-refractivity contribution >= 4 is 76.0 Å². The molecule has 45 heavy (non-hydrogen) atoms. The predicted molar refractivity (Wildman–Crippen MR) is 164 cm³/mol. The molecule has 23 heteroatoms. The first-order chi connectivity index (χ1) is 20.7. The number of hydrogen-bond donors (Lipinski definition) is 5. The van der Waals surface area contributed by atoms with Gasteiger partial charge in [0.05, 0.1) is 16.4 Å². The van der Waals surface area contributed by atoms with Crippen LogP contribution in [0.25, 0.3) is 0 Å². The molecule has 0 aliphatic carbocycles. The number of thioether (sulfide) groups is 1. The second-order valence-corrected chi connectivity index (χ2v) is 15.0. The summed E-state index contributed by atoms with van der Waals surface area (Å²) in [6, 6.07) is 10.7. The lowest BCUT2D eigenvalue weighted by atomic mass is 10.1. The molecule has 1 aromatic heterocycles. The summed E-state index contributed by atoms with van der Waals surface area (Å²) in [4.78, 5) is 14.7. The van der Waals surface area contributed by atoms with E-state index in [0.717, 1.165) is 0 Å². The maximum Gasteiger partial charge on any atom is 0.425 e. The third kappa shape index (κ3) is 14.5. The van der Waals surface area contributed by atoms with Gasteiger partial charge in [-0.1, -0.05) is 18.2 Å². The van der Waals surface area contributed by atoms with Crippen LogP contribution >= 0.6 is 11.8 Å². The van der Waals surface area contributed by atoms with E-state index in [2.05, 4.69) is 20.3 Å². The third-order valence-electron chi connectivity index (χ3n) is 5.37. The van der Waals surface area contributed by atoms with Crippen LogP contribution in [0.2, 0.25) is 0 Å². The quantitative estimate of drug-likeness (QED) is 0.0661. The molecule has 3 rings (SSSR count). The van der Waals surface area contributed by atoms with Crippen molar-refractivity contribution in [3.8, 4) is 0 Å². The van der Waals surface area contributed by atoms with Crippen LogP contribution in [-0.4, -0.2) is 97.3 Å². The van der Waals surface area contributed by atoms with Crippen LogP contribution in [0.3, 0.4) is 0 Å². The second-order valence-electron chi connectivity index (χ2n) is 8.91. The predicted octanol–water partition coefficient (Wildman–Crippen LogP) is 0.725. The van der Waals surface area contributed by atoms with Gasteiger partial charge in [0, 0.05) is 36.3 Å². The minimum Gasteiger partial charge on any atom is -0.398 e. The van der Waals surface area contributed by atoms with Crippen molar-refractivity contribution in [2.45, 2.75) is 22.6 Å². The van der Waals surface area contributed by atoms with Gasteiger partial charge >= 0.3 is 10.6 Å². The van der Waals surface area contributed by atoms with Gasteiger partial charge in [0.2, 0.25) is 11.9 Å². The zero-order chi connectivity index (χ0) is 34.0. The maximum atomic E-state index is 11.8. The molecule has 0 atom stereocenters. The van der Waals surface area contributed by atoms with E-state index >= 15 is 0 Å². The summed E-state index contributed by atoms with van der Waals surface area (Å²) in [5.74, 6) is -0.440. The van der Waals surface area contributed by atoms with E-state index in [4.69, 9.17) is 27.5 Å². The van der Waals surface area contributed by atoms with Gasteiger partial charge in [-0.05, 0) is 42.0 Å². The summed E-state index contributed by atoms with van der Waals surface area (Å²) in [6.07, 6.45) is 0.0960. The molecule has 0 spiro atoms. The van der Waals surface area contributed by atoms with Crippen molar-refractivity contribution < 1.29 is 51.5 Å². The highest BCUT2D eigenvalue weighted by Gasteiger charge is 2.19. The number of nitrogens with two attached hydrogens (primary N) is 1. The molecule has 248 valence electrons. The molecule has 0 fully saturated rings. The highest BCUT2D eigenvalue weighted by Crippen LogP contribution is 2.29. The van der Waals surface area contributed by atoms with Gasteiger partial charge < -0.3 is 16.0 Å². The summed E-state index contributed by atoms with van der Waals surface area (Å²) in [5.41, 5.74) is 7.18. The molecule has 0 saturated heterocycles. The zero-order valence-corrected chi connectivity index (χ0v) is 27.3. The first-order valence-electron chi connectivity index (χ1n) is 12.2. The minimum absolute atomic E-state index is 0.0148. The van der Waals surface area contributed by atoms with E-state index in [9.17, 15) is 29.8 Å². The van der Waals surface area contributed by atoms with Crippen molar-refractivity contribution in [1.82, 2.24) is 15.0 Å². The molecule has 0 aliphatic rings. The summed E-state index contributed by atoms with van der Waals surface area (Å²) < 4.78 is 121. The van der Waals surface area contributed by atoms with E-state index in [1.807, 2.05) is 0 Å². The van der Waals surface area contributed by atoms with Gasteiger partial charge in [0.1, 0.15) is 5.82 Å². The Hall–Kier alpha value is -3.45. The van der Waals surface area contributed by atoms with E-state index in [-0.39, 0.29) is 53.3 Å². The first kappa shape index (κ1) is 37.7. The average molecular weight is 729 g/mol. The lowest BCUT2D eigenvalue weighted by Crippen LogP contribution is -2.27. The smallest absolute Gasteiger partial charge is 0.398 e. The van der Waals surface area contributed by atoms with Gasteiger partial charge in [0.15, 0.2) is 0 Å². The topological polar surface area (TPSA) is 294 Å². The van der Waals surface area contributed by atoms with Crippen molar-refractivity contribution in [2.75, 3.05) is 46.8 Å². The van der Waals surface area contributed by atoms with Gasteiger partial charge in [-0.15, -0.1) is 24.4 Å². The van der Waals surface area contributed by atoms with Crippen LogP contribution in [0.4, 0.5) is 23.3 Å². The minimum atomic E-state index is -4.54. The van der Waals surface area contributed by atoms with Crippen LogP contribution < -0.4 is 16.0 Å². The fourth-order valence-electron chi connectivity index (χ4n) is 3.45. The van der Waals surface area contributed by atoms with E-state index in [0.29, 0.717) is 22.0 Å². The number of nitrogens with one attached hydrogen (secondary N) is 1. The number of aromatic nitrogens is 3. The average Bonchev–Trinajstić information content (AvgIpc) is 2.89. The van der Waals surface area contributed by atoms with Gasteiger partial charge in [-0.2, -0.15) is 40.2 Å². The molecule has 0 saturated carbocycles. The van der Waals surface area contributed by atoms with Crippen LogP contribution in [0.5, 0.6) is 0 Å². The Kier molecular flexibility index (Phi) is 13.6. The summed E-state index contributed by atoms with van der Waals surface area (Å²) in [7, 11) is -14.5. The third-order valence-corrected chi connectivity index (χ3v) is 9.00. The first-order valence-corrected chi connectivity index (χ1v) is 18.9. The number of anilines is 4. The van der Waals surface area contributed by atoms with Gasteiger partial charge in [-0.25, -0.2) is 0 Å². The summed E-state index contributed by atoms with van der Waals surface area (Å²) >= 11 is 1.31. The van der Waals surface area contributed by atoms with Crippen molar-refractivity contribution in [1.29, 1.82) is 0 Å². The van der Waals surface area contributed by atoms with Crippen molar-refractivity contribution in [3.63, 3.8) is 0 Å². The molecular formula is C22H28N6O12S5. The molecule has 0 amide bonds. The molecule has 0 radical (unpaired) electrons. The molecule has 0 bridgehead atoms. The second kappa shape index (κ2) is 16.2. The normalized spacial score (nSPS) is 11.7. The van der Waals surface area contributed by atoms with Crippen LogP contribution in [0, 0.1) is 0 Å². The Bertz CT molecular complexity index is 1940. The fraction of sp³-hybridized carbons (Fsp3) is 0.318. The Balaban J connectivity index is 0.00000166. The highest BCUT2D eigenvalue weighted by molar-refractivity contribution is 7.99. The molecule has 6 N–H and O–H groups in total. The molecule has 3 aromatic rings. The molecular weight excluding hydrogens is 701 g/mol. The number of nitrogen functional groups attached to an aromatic ring is 1. The van der Waals surface area contributed by atoms with Crippen molar-refractivity contribution in [2.24, 2.45) is 0 Å². The van der Waals surface area contributed by atoms with Crippen LogP contribution in [0.1, 0.15) is 17.8 Å². The largest absolute Gasteiger partial charge is 0.425 e. The SMILES string of the molecule is CN(CCS(=O)(=O)O)c1nc(Cc2ccccc2S(=O)(=O)O)nc(Nc2ccc(SCCCS(=O)(=O)O)c(N)c2)n1.O=S(=O)=O. The van der Waals surface area contributed by atoms with Gasteiger partial charge in [-0.3, -0.25) is 13.7 Å². The standard InChI is InChI=1S/C22H28N6O9S4.O3S/c1-28(9-12-40(32,33)34)22-26-20(13-15-5-2-3-6-19(15)41(35,36)37)25-21(27-22)24-16-7-8-18(17(23)14-16)38-10-4-11-39(29,30)31;1-4(2)3/h2-3,5-8,14H,4,9-13,23H2,1H3,(H,29,30,31)(H,32,33,34)(H,35,36,37)(H,24,25,26,27);. The summed E-state index contributed by atoms with van der Waals surface area (Å²) in [5, 5.41) is 2.97. The lowest BCUT2D eigenvalue weighted by Gasteiger charge is -2.18. The molecule has 18 nitrogen and oxygen atoms in total. The molecule has 0 unspecified atom stereocenters. The monoisotopic (exact) mass is 728 g/mol. The van der Waals surface area contributed by atoms with E-state index < -0.39 is 46.7 Å². The van der Waals surface area contributed by atoms with E-state index in [1.54, 1.807) is 24.3 Å². The molecule has 2 aromatic carbocycles. The molecule has 0 aliphatic heterocycles.